The van der Waals surface area contributed by atoms with Crippen LogP contribution in [0.1, 0.15) is 33.6 Å². The predicted octanol–water partition coefficient (Wildman–Crippen LogP) is 6.05. The fourth-order valence-corrected chi connectivity index (χ4v) is 5.15. The number of aromatic carboxylic acids is 1. The van der Waals surface area contributed by atoms with Crippen LogP contribution in [0.2, 0.25) is 0 Å². The number of hydrogen-bond acceptors (Lipinski definition) is 7. The lowest BCUT2D eigenvalue weighted by molar-refractivity contribution is -0.137. The molecule has 1 unspecified atom stereocenters. The Morgan fingerprint density at radius 3 is 2.59 bits per heavy atom. The number of nitrogens with zero attached hydrogens (tertiary/aromatic N) is 2. The van der Waals surface area contributed by atoms with Crippen LogP contribution in [-0.4, -0.2) is 35.3 Å². The van der Waals surface area contributed by atoms with Gasteiger partial charge in [-0.15, -0.1) is 11.3 Å². The number of ether oxygens (including phenoxy) is 2. The number of halogens is 3. The van der Waals surface area contributed by atoms with E-state index in [-0.39, 0.29) is 24.0 Å². The maximum atomic E-state index is 13.4. The monoisotopic (exact) mass is 510 g/mol. The molecule has 1 saturated heterocycles. The summed E-state index contributed by atoms with van der Waals surface area (Å²) in [5, 5.41) is 11.0. The second-order valence-electron chi connectivity index (χ2n) is 7.66. The van der Waals surface area contributed by atoms with Gasteiger partial charge >= 0.3 is 12.1 Å². The zero-order valence-electron chi connectivity index (χ0n) is 18.0. The van der Waals surface area contributed by atoms with E-state index in [9.17, 15) is 18.0 Å². The number of carboxylic acid groups (broad SMARTS) is 1. The molecule has 4 rings (SSSR count). The normalized spacial score (nSPS) is 15.6. The summed E-state index contributed by atoms with van der Waals surface area (Å²) in [6.45, 7) is 2.96. The molecule has 2 heterocycles. The van der Waals surface area contributed by atoms with Crippen LogP contribution >= 0.6 is 23.3 Å². The maximum absolute atomic E-state index is 13.4. The molecule has 180 valence electrons. The smallest absolute Gasteiger partial charge is 0.416 e. The summed E-state index contributed by atoms with van der Waals surface area (Å²) in [5.41, 5.74) is 1.27. The van der Waals surface area contributed by atoms with Crippen molar-refractivity contribution in [2.75, 3.05) is 17.5 Å². The maximum Gasteiger partial charge on any atom is 0.416 e. The Morgan fingerprint density at radius 2 is 2.03 bits per heavy atom. The number of carbonyl (C=O) groups is 1. The van der Waals surface area contributed by atoms with E-state index in [2.05, 4.69) is 4.98 Å². The zero-order chi connectivity index (χ0) is 24.3. The molecule has 0 bridgehead atoms. The molecule has 1 aromatic heterocycles. The van der Waals surface area contributed by atoms with Crippen molar-refractivity contribution in [3.05, 3.63) is 70.2 Å². The van der Waals surface area contributed by atoms with Crippen LogP contribution < -0.4 is 9.04 Å². The molecule has 0 spiro atoms. The molecule has 1 N–H and O–H groups in total. The van der Waals surface area contributed by atoms with Crippen molar-refractivity contribution in [1.29, 1.82) is 0 Å². The minimum atomic E-state index is -4.53. The van der Waals surface area contributed by atoms with Gasteiger partial charge in [-0.1, -0.05) is 12.1 Å². The first kappa shape index (κ1) is 24.4. The van der Waals surface area contributed by atoms with Crippen molar-refractivity contribution in [2.45, 2.75) is 36.6 Å². The molecule has 6 nitrogen and oxygen atoms in total. The van der Waals surface area contributed by atoms with E-state index in [1.54, 1.807) is 12.1 Å². The highest BCUT2D eigenvalue weighted by Gasteiger charge is 2.33. The van der Waals surface area contributed by atoms with Crippen molar-refractivity contribution in [3.63, 3.8) is 0 Å². The van der Waals surface area contributed by atoms with E-state index in [4.69, 9.17) is 14.6 Å². The van der Waals surface area contributed by atoms with Gasteiger partial charge in [0.2, 0.25) is 0 Å². The molecule has 1 aliphatic heterocycles. The van der Waals surface area contributed by atoms with Gasteiger partial charge in [-0.2, -0.15) is 13.2 Å². The molecule has 0 amide bonds. The Balaban J connectivity index is 1.63. The Labute approximate surface area is 202 Å². The molecular weight excluding hydrogens is 489 g/mol. The average molecular weight is 511 g/mol. The van der Waals surface area contributed by atoms with Crippen LogP contribution in [0.5, 0.6) is 5.75 Å². The molecule has 0 aliphatic carbocycles. The van der Waals surface area contributed by atoms with Crippen LogP contribution in [-0.2, 0) is 17.5 Å². The minimum absolute atomic E-state index is 0.0248. The fourth-order valence-electron chi connectivity index (χ4n) is 3.18. The summed E-state index contributed by atoms with van der Waals surface area (Å²) in [6.07, 6.45) is -3.70. The third-order valence-electron chi connectivity index (χ3n) is 5.10. The lowest BCUT2D eigenvalue weighted by Gasteiger charge is -2.33. The highest BCUT2D eigenvalue weighted by Crippen LogP contribution is 2.41. The van der Waals surface area contributed by atoms with Gasteiger partial charge in [-0.05, 0) is 49.2 Å². The Bertz CT molecular complexity index is 1150. The summed E-state index contributed by atoms with van der Waals surface area (Å²) in [7, 11) is 0. The van der Waals surface area contributed by atoms with Crippen molar-refractivity contribution < 1.29 is 32.5 Å². The molecule has 1 aliphatic rings. The molecule has 3 aromatic rings. The van der Waals surface area contributed by atoms with Gasteiger partial charge in [0.1, 0.15) is 12.4 Å². The third-order valence-corrected chi connectivity index (χ3v) is 7.18. The summed E-state index contributed by atoms with van der Waals surface area (Å²) >= 11 is 2.78. The Morgan fingerprint density at radius 1 is 1.29 bits per heavy atom. The summed E-state index contributed by atoms with van der Waals surface area (Å²) in [4.78, 5) is 15.5. The van der Waals surface area contributed by atoms with Gasteiger partial charge in [0.15, 0.2) is 4.34 Å². The highest BCUT2D eigenvalue weighted by molar-refractivity contribution is 8.02. The van der Waals surface area contributed by atoms with Gasteiger partial charge in [0.25, 0.3) is 0 Å². The lowest BCUT2D eigenvalue weighted by Crippen LogP contribution is -2.37. The first-order valence-electron chi connectivity index (χ1n) is 10.3. The molecule has 34 heavy (non-hydrogen) atoms. The first-order chi connectivity index (χ1) is 16.2. The van der Waals surface area contributed by atoms with E-state index in [1.807, 2.05) is 16.6 Å². The van der Waals surface area contributed by atoms with Gasteiger partial charge in [-0.3, -0.25) is 0 Å². The zero-order valence-corrected chi connectivity index (χ0v) is 19.7. The number of hydrogen-bond donors (Lipinski definition) is 1. The number of aryl methyl sites for hydroxylation is 1. The summed E-state index contributed by atoms with van der Waals surface area (Å²) < 4.78 is 54.4. The molecule has 0 radical (unpaired) electrons. The first-order valence-corrected chi connectivity index (χ1v) is 12.0. The van der Waals surface area contributed by atoms with Crippen LogP contribution in [0.15, 0.2) is 52.2 Å². The topological polar surface area (TPSA) is 71.9 Å². The van der Waals surface area contributed by atoms with E-state index in [0.717, 1.165) is 28.6 Å². The average Bonchev–Trinajstić information content (AvgIpc) is 3.18. The number of rotatable bonds is 9. The number of anilines is 1. The van der Waals surface area contributed by atoms with Crippen molar-refractivity contribution in [2.24, 2.45) is 0 Å². The predicted molar refractivity (Wildman–Crippen MR) is 124 cm³/mol. The van der Waals surface area contributed by atoms with E-state index in [0.29, 0.717) is 24.4 Å². The quantitative estimate of drug-likeness (QED) is 0.351. The number of carboxylic acids is 1. The summed E-state index contributed by atoms with van der Waals surface area (Å²) in [5.74, 6) is -0.992. The van der Waals surface area contributed by atoms with Crippen LogP contribution in [0.3, 0.4) is 0 Å². The highest BCUT2D eigenvalue weighted by atomic mass is 32.2. The van der Waals surface area contributed by atoms with Crippen LogP contribution in [0, 0.1) is 6.92 Å². The van der Waals surface area contributed by atoms with Gasteiger partial charge < -0.3 is 18.9 Å². The van der Waals surface area contributed by atoms with Gasteiger partial charge in [0.05, 0.1) is 29.5 Å². The second kappa shape index (κ2) is 10.2. The molecule has 1 atom stereocenters. The summed E-state index contributed by atoms with van der Waals surface area (Å²) in [6, 6.07) is 9.42. The number of benzene rings is 2. The van der Waals surface area contributed by atoms with Crippen LogP contribution in [0.25, 0.3) is 0 Å². The molecule has 11 heteroatoms. The second-order valence-corrected chi connectivity index (χ2v) is 9.79. The van der Waals surface area contributed by atoms with E-state index >= 15 is 0 Å². The van der Waals surface area contributed by atoms with Crippen molar-refractivity contribution in [1.82, 2.24) is 4.98 Å². The molecule has 1 fully saturated rings. The minimum Gasteiger partial charge on any atom is -0.487 e. The number of alkyl halides is 3. The standard InChI is InChI=1S/C23H21F3N2O4S2/c1-14-13-33-22(27-14)34-28(11-18-8-9-31-18)19-7-6-17(23(24,25)26)10-20(19)32-12-15-2-4-16(5-3-15)21(29)30/h2-7,10,13,18H,8-9,11-12H2,1H3,(H,29,30). The van der Waals surface area contributed by atoms with E-state index < -0.39 is 17.7 Å². The van der Waals surface area contributed by atoms with Crippen LogP contribution in [0.4, 0.5) is 18.9 Å². The third kappa shape index (κ3) is 6.02. The van der Waals surface area contributed by atoms with Gasteiger partial charge in [-0.25, -0.2) is 9.78 Å². The fraction of sp³-hybridized carbons (Fsp3) is 0.304. The van der Waals surface area contributed by atoms with Crippen molar-refractivity contribution in [3.8, 4) is 5.75 Å². The Hall–Kier alpha value is -2.76. The Kier molecular flexibility index (Phi) is 7.34. The molecule has 0 saturated carbocycles. The SMILES string of the molecule is Cc1csc(SN(CC2CCO2)c2ccc(C(F)(F)F)cc2OCc2ccc(C(=O)O)cc2)n1. The largest absolute Gasteiger partial charge is 0.487 e. The molecule has 2 aromatic carbocycles. The van der Waals surface area contributed by atoms with E-state index in [1.165, 1.54) is 41.5 Å². The molecular formula is C23H21F3N2O4S2. The van der Waals surface area contributed by atoms with Crippen molar-refractivity contribution >= 4 is 34.9 Å². The lowest BCUT2D eigenvalue weighted by atomic mass is 10.1. The number of thiazole rings is 1. The number of aromatic nitrogens is 1. The van der Waals surface area contributed by atoms with Gasteiger partial charge in [0, 0.05) is 29.6 Å².